The van der Waals surface area contributed by atoms with Crippen molar-refractivity contribution < 1.29 is 28.7 Å². The molecule has 2 amide bonds. The number of carbonyl (C=O) groups is 4. The molecule has 4 aliphatic rings. The molecule has 0 unspecified atom stereocenters. The van der Waals surface area contributed by atoms with E-state index in [9.17, 15) is 19.2 Å². The molecular formula is C55H97N3O6. The average Bonchev–Trinajstić information content (AvgIpc) is 3.58. The average molecular weight is 896 g/mol. The Morgan fingerprint density at radius 1 is 0.469 bits per heavy atom. The predicted molar refractivity (Wildman–Crippen MR) is 262 cm³/mol. The molecule has 368 valence electrons. The summed E-state index contributed by atoms with van der Waals surface area (Å²) in [5.74, 6) is -0.572. The Labute approximate surface area is 392 Å². The van der Waals surface area contributed by atoms with Gasteiger partial charge in [-0.1, -0.05) is 199 Å². The summed E-state index contributed by atoms with van der Waals surface area (Å²) in [6.07, 6.45) is 44.1. The maximum atomic E-state index is 14.3. The van der Waals surface area contributed by atoms with Crippen LogP contribution in [0.15, 0.2) is 11.1 Å². The van der Waals surface area contributed by atoms with E-state index in [1.807, 2.05) is 21.8 Å². The summed E-state index contributed by atoms with van der Waals surface area (Å²) in [4.78, 5) is 57.3. The van der Waals surface area contributed by atoms with Crippen LogP contribution in [0.25, 0.3) is 0 Å². The number of hydrogen-bond acceptors (Lipinski definition) is 7. The molecular weight excluding hydrogens is 799 g/mol. The highest BCUT2D eigenvalue weighted by Crippen LogP contribution is 2.40. The third-order valence-corrected chi connectivity index (χ3v) is 15.3. The third kappa shape index (κ3) is 19.8. The topological polar surface area (TPSA) is 96.5 Å². The van der Waals surface area contributed by atoms with Gasteiger partial charge in [-0.05, 0) is 77.0 Å². The molecule has 0 radical (unpaired) electrons. The van der Waals surface area contributed by atoms with Crippen molar-refractivity contribution in [2.45, 2.75) is 283 Å². The number of ether oxygens (including phenoxy) is 2. The molecule has 1 saturated heterocycles. The van der Waals surface area contributed by atoms with Gasteiger partial charge in [-0.15, -0.1) is 0 Å². The van der Waals surface area contributed by atoms with Gasteiger partial charge in [-0.25, -0.2) is 10.0 Å². The Morgan fingerprint density at radius 3 is 1.14 bits per heavy atom. The van der Waals surface area contributed by atoms with Gasteiger partial charge in [-0.3, -0.25) is 24.1 Å². The summed E-state index contributed by atoms with van der Waals surface area (Å²) in [6.45, 7) is 7.55. The van der Waals surface area contributed by atoms with Crippen molar-refractivity contribution >= 4 is 23.8 Å². The molecule has 3 saturated carbocycles. The predicted octanol–water partition coefficient (Wildman–Crippen LogP) is 13.9. The van der Waals surface area contributed by atoms with E-state index in [1.165, 1.54) is 141 Å². The van der Waals surface area contributed by atoms with Gasteiger partial charge in [-0.2, -0.15) is 0 Å². The second-order valence-electron chi connectivity index (χ2n) is 20.6. The Hall–Kier alpha value is -2.42. The number of unbranched alkanes of at least 4 members (excludes halogenated alkanes) is 22. The first-order valence-electron chi connectivity index (χ1n) is 27.8. The fourth-order valence-electron chi connectivity index (χ4n) is 11.3. The maximum Gasteiger partial charge on any atom is 0.320 e. The lowest BCUT2D eigenvalue weighted by Gasteiger charge is -2.41. The smallest absolute Gasteiger partial charge is 0.320 e. The highest BCUT2D eigenvalue weighted by Gasteiger charge is 2.49. The molecule has 1 heterocycles. The SMILES string of the molecule is CCCCCCCCCCCCCCOC(=O)CN(CC(=O)OCCCCCCCCCCCCCC)C1CCC(C(C)=C2C(=O)N(C3CCCCC3)N(C3CCCCC3)C2=O)CC1. The molecule has 64 heavy (non-hydrogen) atoms. The number of hydrazine groups is 1. The van der Waals surface area contributed by atoms with Crippen LogP contribution in [0.5, 0.6) is 0 Å². The molecule has 0 aromatic carbocycles. The van der Waals surface area contributed by atoms with E-state index in [4.69, 9.17) is 9.47 Å². The van der Waals surface area contributed by atoms with Crippen molar-refractivity contribution in [3.05, 3.63) is 11.1 Å². The number of allylic oxidation sites excluding steroid dienone is 1. The quantitative estimate of drug-likeness (QED) is 0.0275. The number of nitrogens with zero attached hydrogens (tertiary/aromatic N) is 3. The van der Waals surface area contributed by atoms with E-state index in [-0.39, 0.29) is 60.9 Å². The van der Waals surface area contributed by atoms with Crippen molar-refractivity contribution in [1.82, 2.24) is 14.9 Å². The highest BCUT2D eigenvalue weighted by atomic mass is 16.5. The summed E-state index contributed by atoms with van der Waals surface area (Å²) in [7, 11) is 0. The van der Waals surface area contributed by atoms with Gasteiger partial charge < -0.3 is 9.47 Å². The standard InChI is InChI=1S/C55H97N3O6/c1-4-6-8-10-12-14-16-18-20-22-24-32-42-63-51(59)44-56(45-52(60)64-43-33-25-23-21-19-17-15-13-11-9-7-5-2)48-40-38-47(39-41-48)46(3)53-54(61)57(49-34-28-26-29-35-49)58(55(53)62)50-36-30-27-31-37-50/h47-50H,4-45H2,1-3H3. The zero-order valence-corrected chi connectivity index (χ0v) is 41.8. The molecule has 4 fully saturated rings. The molecule has 0 atom stereocenters. The van der Waals surface area contributed by atoms with Crippen molar-refractivity contribution in [3.63, 3.8) is 0 Å². The van der Waals surface area contributed by atoms with Gasteiger partial charge >= 0.3 is 11.9 Å². The van der Waals surface area contributed by atoms with Gasteiger partial charge in [0, 0.05) is 6.04 Å². The van der Waals surface area contributed by atoms with Crippen LogP contribution in [0.2, 0.25) is 0 Å². The summed E-state index contributed by atoms with van der Waals surface area (Å²) in [5.41, 5.74) is 1.35. The monoisotopic (exact) mass is 896 g/mol. The second kappa shape index (κ2) is 33.1. The van der Waals surface area contributed by atoms with E-state index in [1.54, 1.807) is 0 Å². The summed E-state index contributed by atoms with van der Waals surface area (Å²) in [6, 6.07) is 0.251. The maximum absolute atomic E-state index is 14.3. The molecule has 9 nitrogen and oxygen atoms in total. The minimum Gasteiger partial charge on any atom is -0.465 e. The lowest BCUT2D eigenvalue weighted by molar-refractivity contribution is -0.160. The third-order valence-electron chi connectivity index (χ3n) is 15.3. The van der Waals surface area contributed by atoms with E-state index in [0.717, 1.165) is 108 Å². The Bertz CT molecular complexity index is 1250. The van der Waals surface area contributed by atoms with Crippen LogP contribution in [0.3, 0.4) is 0 Å². The van der Waals surface area contributed by atoms with Gasteiger partial charge in [0.05, 0.1) is 38.4 Å². The zero-order valence-electron chi connectivity index (χ0n) is 41.8. The van der Waals surface area contributed by atoms with Gasteiger partial charge in [0.2, 0.25) is 0 Å². The molecule has 1 aliphatic heterocycles. The first-order chi connectivity index (χ1) is 31.3. The van der Waals surface area contributed by atoms with Crippen molar-refractivity contribution in [2.24, 2.45) is 5.92 Å². The number of rotatable bonds is 34. The fraction of sp³-hybridized carbons (Fsp3) is 0.891. The van der Waals surface area contributed by atoms with Crippen LogP contribution in [-0.4, -0.2) is 83.1 Å². The van der Waals surface area contributed by atoms with E-state index in [2.05, 4.69) is 13.8 Å². The number of amides is 2. The Balaban J connectivity index is 1.25. The molecule has 0 spiro atoms. The van der Waals surface area contributed by atoms with Crippen LogP contribution >= 0.6 is 0 Å². The van der Waals surface area contributed by atoms with Gasteiger partial charge in [0.1, 0.15) is 5.57 Å². The lowest BCUT2D eigenvalue weighted by Crippen LogP contribution is -2.53. The summed E-state index contributed by atoms with van der Waals surface area (Å²) >= 11 is 0. The van der Waals surface area contributed by atoms with Gasteiger partial charge in [0.25, 0.3) is 11.8 Å². The molecule has 0 aromatic rings. The lowest BCUT2D eigenvalue weighted by atomic mass is 9.79. The van der Waals surface area contributed by atoms with Crippen molar-refractivity contribution in [1.29, 1.82) is 0 Å². The normalized spacial score (nSPS) is 20.2. The van der Waals surface area contributed by atoms with E-state index in [0.29, 0.717) is 18.8 Å². The largest absolute Gasteiger partial charge is 0.465 e. The van der Waals surface area contributed by atoms with E-state index >= 15 is 0 Å². The number of carbonyl (C=O) groups excluding carboxylic acids is 4. The first kappa shape index (κ1) is 54.2. The Morgan fingerprint density at radius 2 is 0.797 bits per heavy atom. The van der Waals surface area contributed by atoms with E-state index < -0.39 is 0 Å². The molecule has 9 heteroatoms. The van der Waals surface area contributed by atoms with Crippen LogP contribution in [0.1, 0.15) is 265 Å². The van der Waals surface area contributed by atoms with Crippen LogP contribution < -0.4 is 0 Å². The van der Waals surface area contributed by atoms with Crippen LogP contribution in [-0.2, 0) is 28.7 Å². The van der Waals surface area contributed by atoms with Crippen molar-refractivity contribution in [2.75, 3.05) is 26.3 Å². The Kier molecular flexibility index (Phi) is 28.0. The molecule has 3 aliphatic carbocycles. The van der Waals surface area contributed by atoms with Crippen LogP contribution in [0.4, 0.5) is 0 Å². The fourth-order valence-corrected chi connectivity index (χ4v) is 11.3. The minimum atomic E-state index is -0.273. The first-order valence-corrected chi connectivity index (χ1v) is 27.8. The van der Waals surface area contributed by atoms with Gasteiger partial charge in [0.15, 0.2) is 0 Å². The molecule has 4 rings (SSSR count). The molecule has 0 aromatic heterocycles. The van der Waals surface area contributed by atoms with Crippen LogP contribution in [0, 0.1) is 5.92 Å². The second-order valence-corrected chi connectivity index (χ2v) is 20.6. The zero-order chi connectivity index (χ0) is 45.6. The minimum absolute atomic E-state index is 0.0277. The number of hydrogen-bond donors (Lipinski definition) is 0. The number of esters is 2. The molecule has 0 bridgehead atoms. The highest BCUT2D eigenvalue weighted by molar-refractivity contribution is 6.23. The summed E-state index contributed by atoms with van der Waals surface area (Å²) in [5, 5.41) is 3.82. The molecule has 0 N–H and O–H groups in total. The summed E-state index contributed by atoms with van der Waals surface area (Å²) < 4.78 is 11.5. The van der Waals surface area contributed by atoms with Crippen molar-refractivity contribution in [3.8, 4) is 0 Å².